The molecule has 0 fully saturated rings. The SMILES string of the molecule is CN(CC(=O)Nc1nc2ccc(Cl)cc2s1)S(C)(=O)=O. The molecule has 0 bridgehead atoms. The number of halogens is 1. The van der Waals surface area contributed by atoms with E-state index < -0.39 is 15.9 Å². The summed E-state index contributed by atoms with van der Waals surface area (Å²) in [5, 5.41) is 3.58. The highest BCUT2D eigenvalue weighted by molar-refractivity contribution is 7.88. The summed E-state index contributed by atoms with van der Waals surface area (Å²) in [4.78, 5) is 16.0. The first kappa shape index (κ1) is 15.2. The van der Waals surface area contributed by atoms with Crippen molar-refractivity contribution >= 4 is 54.2 Å². The highest BCUT2D eigenvalue weighted by Gasteiger charge is 2.16. The zero-order valence-corrected chi connectivity index (χ0v) is 13.1. The monoisotopic (exact) mass is 333 g/mol. The molecule has 0 saturated carbocycles. The molecule has 20 heavy (non-hydrogen) atoms. The number of aromatic nitrogens is 1. The van der Waals surface area contributed by atoms with Gasteiger partial charge < -0.3 is 5.32 Å². The minimum atomic E-state index is -3.38. The van der Waals surface area contributed by atoms with Gasteiger partial charge in [0.2, 0.25) is 15.9 Å². The number of hydrogen-bond donors (Lipinski definition) is 1. The molecule has 9 heteroatoms. The summed E-state index contributed by atoms with van der Waals surface area (Å²) < 4.78 is 24.2. The Hall–Kier alpha value is -1.22. The highest BCUT2D eigenvalue weighted by atomic mass is 35.5. The van der Waals surface area contributed by atoms with Crippen LogP contribution in [0.1, 0.15) is 0 Å². The number of sulfonamides is 1. The van der Waals surface area contributed by atoms with Crippen molar-refractivity contribution in [3.05, 3.63) is 23.2 Å². The summed E-state index contributed by atoms with van der Waals surface area (Å²) in [6, 6.07) is 5.23. The second kappa shape index (κ2) is 5.65. The lowest BCUT2D eigenvalue weighted by molar-refractivity contribution is -0.116. The standard InChI is InChI=1S/C11H12ClN3O3S2/c1-15(20(2,17)18)6-10(16)14-11-13-8-4-3-7(12)5-9(8)19-11/h3-5H,6H2,1-2H3,(H,13,14,16). The number of thiazole rings is 1. The van der Waals surface area contributed by atoms with Crippen LogP contribution in [-0.4, -0.2) is 43.5 Å². The molecule has 0 aliphatic heterocycles. The minimum absolute atomic E-state index is 0.254. The number of carbonyl (C=O) groups excluding carboxylic acids is 1. The maximum atomic E-state index is 11.7. The molecule has 0 radical (unpaired) electrons. The fraction of sp³-hybridized carbons (Fsp3) is 0.273. The molecule has 1 aromatic carbocycles. The largest absolute Gasteiger partial charge is 0.301 e. The molecule has 1 amide bonds. The van der Waals surface area contributed by atoms with Crippen molar-refractivity contribution in [3.63, 3.8) is 0 Å². The van der Waals surface area contributed by atoms with E-state index in [1.54, 1.807) is 18.2 Å². The number of rotatable bonds is 4. The van der Waals surface area contributed by atoms with Crippen LogP contribution in [0.2, 0.25) is 5.02 Å². The van der Waals surface area contributed by atoms with E-state index in [-0.39, 0.29) is 6.54 Å². The van der Waals surface area contributed by atoms with E-state index in [1.165, 1.54) is 18.4 Å². The Morgan fingerprint density at radius 2 is 2.20 bits per heavy atom. The Labute approximate surface area is 125 Å². The number of amides is 1. The predicted molar refractivity (Wildman–Crippen MR) is 80.7 cm³/mol. The van der Waals surface area contributed by atoms with Crippen LogP contribution < -0.4 is 5.32 Å². The van der Waals surface area contributed by atoms with E-state index in [1.807, 2.05) is 0 Å². The molecule has 0 saturated heterocycles. The van der Waals surface area contributed by atoms with Crippen LogP contribution in [0.25, 0.3) is 10.2 Å². The fourth-order valence-electron chi connectivity index (χ4n) is 1.43. The van der Waals surface area contributed by atoms with Gasteiger partial charge in [0.05, 0.1) is 23.0 Å². The van der Waals surface area contributed by atoms with Crippen LogP contribution in [0.15, 0.2) is 18.2 Å². The molecule has 0 spiro atoms. The summed E-state index contributed by atoms with van der Waals surface area (Å²) in [6.07, 6.45) is 1.04. The van der Waals surface area contributed by atoms with Crippen molar-refractivity contribution in [2.75, 3.05) is 25.2 Å². The van der Waals surface area contributed by atoms with Crippen molar-refractivity contribution in [2.45, 2.75) is 0 Å². The van der Waals surface area contributed by atoms with Crippen LogP contribution in [0.3, 0.4) is 0 Å². The Morgan fingerprint density at radius 1 is 1.50 bits per heavy atom. The molecule has 108 valence electrons. The highest BCUT2D eigenvalue weighted by Crippen LogP contribution is 2.28. The number of anilines is 1. The average molecular weight is 334 g/mol. The van der Waals surface area contributed by atoms with Gasteiger partial charge in [-0.3, -0.25) is 4.79 Å². The zero-order chi connectivity index (χ0) is 14.9. The van der Waals surface area contributed by atoms with Crippen molar-refractivity contribution < 1.29 is 13.2 Å². The number of fused-ring (bicyclic) bond motifs is 1. The number of benzene rings is 1. The number of nitrogens with one attached hydrogen (secondary N) is 1. The van der Waals surface area contributed by atoms with Gasteiger partial charge in [0.15, 0.2) is 5.13 Å². The molecule has 1 heterocycles. The number of likely N-dealkylation sites (N-methyl/N-ethyl adjacent to an activating group) is 1. The molecule has 1 aromatic heterocycles. The van der Waals surface area contributed by atoms with Gasteiger partial charge in [0, 0.05) is 12.1 Å². The topological polar surface area (TPSA) is 79.4 Å². The second-order valence-electron chi connectivity index (χ2n) is 4.20. The van der Waals surface area contributed by atoms with Gasteiger partial charge in [-0.2, -0.15) is 4.31 Å². The van der Waals surface area contributed by atoms with Crippen LogP contribution in [-0.2, 0) is 14.8 Å². The van der Waals surface area contributed by atoms with Gasteiger partial charge in [-0.1, -0.05) is 22.9 Å². The molecule has 2 rings (SSSR count). The smallest absolute Gasteiger partial charge is 0.241 e. The fourth-order valence-corrected chi connectivity index (χ4v) is 2.94. The quantitative estimate of drug-likeness (QED) is 0.925. The molecule has 6 nitrogen and oxygen atoms in total. The van der Waals surface area contributed by atoms with Crippen LogP contribution in [0, 0.1) is 0 Å². The van der Waals surface area contributed by atoms with Gasteiger partial charge in [-0.25, -0.2) is 13.4 Å². The minimum Gasteiger partial charge on any atom is -0.301 e. The molecule has 1 N–H and O–H groups in total. The van der Waals surface area contributed by atoms with E-state index >= 15 is 0 Å². The van der Waals surface area contributed by atoms with Crippen molar-refractivity contribution in [3.8, 4) is 0 Å². The first-order chi connectivity index (χ1) is 9.25. The molecule has 0 atom stereocenters. The summed E-state index contributed by atoms with van der Waals surface area (Å²) in [7, 11) is -2.04. The predicted octanol–water partition coefficient (Wildman–Crippen LogP) is 1.78. The third-order valence-electron chi connectivity index (χ3n) is 2.53. The van der Waals surface area contributed by atoms with E-state index in [4.69, 9.17) is 11.6 Å². The zero-order valence-electron chi connectivity index (χ0n) is 10.8. The average Bonchev–Trinajstić information content (AvgIpc) is 2.68. The van der Waals surface area contributed by atoms with E-state index in [2.05, 4.69) is 10.3 Å². The number of hydrogen-bond acceptors (Lipinski definition) is 5. The summed E-state index contributed by atoms with van der Waals surface area (Å²) in [6.45, 7) is -0.254. The van der Waals surface area contributed by atoms with Crippen LogP contribution >= 0.6 is 22.9 Å². The van der Waals surface area contributed by atoms with Crippen LogP contribution in [0.4, 0.5) is 5.13 Å². The van der Waals surface area contributed by atoms with Gasteiger partial charge >= 0.3 is 0 Å². The summed E-state index contributed by atoms with van der Waals surface area (Å²) in [5.74, 6) is -0.442. The van der Waals surface area contributed by atoms with Gasteiger partial charge in [-0.15, -0.1) is 0 Å². The Morgan fingerprint density at radius 3 is 2.85 bits per heavy atom. The van der Waals surface area contributed by atoms with Gasteiger partial charge in [-0.05, 0) is 18.2 Å². The molecule has 2 aromatic rings. The third kappa shape index (κ3) is 3.66. The Kier molecular flexibility index (Phi) is 4.28. The Bertz CT molecular complexity index is 757. The lowest BCUT2D eigenvalue weighted by Gasteiger charge is -2.12. The van der Waals surface area contributed by atoms with Gasteiger partial charge in [0.1, 0.15) is 0 Å². The van der Waals surface area contributed by atoms with E-state index in [0.29, 0.717) is 10.2 Å². The van der Waals surface area contributed by atoms with Crippen molar-refractivity contribution in [1.82, 2.24) is 9.29 Å². The van der Waals surface area contributed by atoms with Crippen molar-refractivity contribution in [2.24, 2.45) is 0 Å². The third-order valence-corrected chi connectivity index (χ3v) is 4.96. The van der Waals surface area contributed by atoms with Crippen LogP contribution in [0.5, 0.6) is 0 Å². The normalized spacial score (nSPS) is 12.0. The van der Waals surface area contributed by atoms with Gasteiger partial charge in [0.25, 0.3) is 0 Å². The molecule has 0 aliphatic carbocycles. The number of nitrogens with zero attached hydrogens (tertiary/aromatic N) is 2. The van der Waals surface area contributed by atoms with E-state index in [0.717, 1.165) is 20.8 Å². The van der Waals surface area contributed by atoms with Crippen molar-refractivity contribution in [1.29, 1.82) is 0 Å². The first-order valence-electron chi connectivity index (χ1n) is 5.53. The molecule has 0 aliphatic rings. The maximum Gasteiger partial charge on any atom is 0.241 e. The maximum absolute atomic E-state index is 11.7. The molecular formula is C11H12ClN3O3S2. The van der Waals surface area contributed by atoms with E-state index in [9.17, 15) is 13.2 Å². The molecule has 0 unspecified atom stereocenters. The lowest BCUT2D eigenvalue weighted by Crippen LogP contribution is -2.34. The number of carbonyl (C=O) groups is 1. The summed E-state index contributed by atoms with van der Waals surface area (Å²) in [5.41, 5.74) is 0.728. The lowest BCUT2D eigenvalue weighted by atomic mass is 10.3. The Balaban J connectivity index is 2.10. The first-order valence-corrected chi connectivity index (χ1v) is 8.57. The molecular weight excluding hydrogens is 322 g/mol. The summed E-state index contributed by atoms with van der Waals surface area (Å²) >= 11 is 7.15. The second-order valence-corrected chi connectivity index (χ2v) is 7.75.